The van der Waals surface area contributed by atoms with Crippen molar-refractivity contribution in [2.24, 2.45) is 11.8 Å². The summed E-state index contributed by atoms with van der Waals surface area (Å²) in [6.45, 7) is 6.63. The molecule has 4 rings (SSSR count). The summed E-state index contributed by atoms with van der Waals surface area (Å²) in [5, 5.41) is 4.23. The van der Waals surface area contributed by atoms with Crippen molar-refractivity contribution in [1.29, 1.82) is 0 Å². The zero-order valence-corrected chi connectivity index (χ0v) is 20.5. The lowest BCUT2D eigenvalue weighted by Gasteiger charge is -2.37. The summed E-state index contributed by atoms with van der Waals surface area (Å²) in [6, 6.07) is 15.8. The van der Waals surface area contributed by atoms with Crippen LogP contribution in [-0.2, 0) is 11.8 Å². The first-order chi connectivity index (χ1) is 15.7. The van der Waals surface area contributed by atoms with E-state index >= 15 is 0 Å². The second kappa shape index (κ2) is 9.76. The summed E-state index contributed by atoms with van der Waals surface area (Å²) in [5.41, 5.74) is 3.48. The highest BCUT2D eigenvalue weighted by atomic mass is 19.1. The lowest BCUT2D eigenvalue weighted by atomic mass is 9.75. The Balaban J connectivity index is 1.36. The summed E-state index contributed by atoms with van der Waals surface area (Å²) in [6.07, 6.45) is 5.33. The molecule has 176 valence electrons. The Hall–Kier alpha value is -2.53. The first kappa shape index (κ1) is 23.6. The summed E-state index contributed by atoms with van der Waals surface area (Å²) >= 11 is 0. The lowest BCUT2D eigenvalue weighted by molar-refractivity contribution is 0.145. The third-order valence-corrected chi connectivity index (χ3v) is 7.02. The molecule has 0 radical (unpaired) electrons. The molecule has 1 aliphatic carbocycles. The van der Waals surface area contributed by atoms with E-state index in [4.69, 9.17) is 4.52 Å². The van der Waals surface area contributed by atoms with Crippen molar-refractivity contribution in [3.05, 3.63) is 71.4 Å². The Kier molecular flexibility index (Phi) is 6.99. The van der Waals surface area contributed by atoms with E-state index in [2.05, 4.69) is 74.2 Å². The molecule has 0 N–H and O–H groups in total. The minimum absolute atomic E-state index is 0.125. The minimum atomic E-state index is -0.159. The Morgan fingerprint density at radius 1 is 1.03 bits per heavy atom. The molecule has 0 saturated heterocycles. The highest BCUT2D eigenvalue weighted by molar-refractivity contribution is 5.55. The normalized spacial score (nSPS) is 20.2. The van der Waals surface area contributed by atoms with Crippen LogP contribution in [0.4, 0.5) is 4.39 Å². The highest BCUT2D eigenvalue weighted by Gasteiger charge is 2.31. The predicted molar refractivity (Wildman–Crippen MR) is 130 cm³/mol. The molecule has 1 fully saturated rings. The first-order valence-corrected chi connectivity index (χ1v) is 12.1. The van der Waals surface area contributed by atoms with Gasteiger partial charge in [-0.1, -0.05) is 62.3 Å². The van der Waals surface area contributed by atoms with Crippen molar-refractivity contribution in [1.82, 2.24) is 15.0 Å². The predicted octanol–water partition coefficient (Wildman–Crippen LogP) is 6.83. The average molecular weight is 450 g/mol. The van der Waals surface area contributed by atoms with Crippen LogP contribution in [0.25, 0.3) is 11.4 Å². The van der Waals surface area contributed by atoms with Crippen molar-refractivity contribution >= 4 is 0 Å². The third-order valence-electron chi connectivity index (χ3n) is 7.02. The molecule has 1 saturated carbocycles. The van der Waals surface area contributed by atoms with Gasteiger partial charge in [-0.15, -0.1) is 0 Å². The summed E-state index contributed by atoms with van der Waals surface area (Å²) in [5.74, 6) is 2.31. The van der Waals surface area contributed by atoms with Gasteiger partial charge in [0, 0.05) is 18.0 Å². The van der Waals surface area contributed by atoms with Gasteiger partial charge in [-0.2, -0.15) is 4.98 Å². The number of benzene rings is 2. The fourth-order valence-corrected chi connectivity index (χ4v) is 5.21. The zero-order valence-electron chi connectivity index (χ0n) is 20.5. The largest absolute Gasteiger partial charge is 0.339 e. The van der Waals surface area contributed by atoms with Crippen molar-refractivity contribution < 1.29 is 8.91 Å². The maximum absolute atomic E-state index is 13.8. The molecule has 0 bridgehead atoms. The molecular weight excluding hydrogens is 413 g/mol. The maximum atomic E-state index is 13.8. The van der Waals surface area contributed by atoms with Gasteiger partial charge in [0.1, 0.15) is 5.82 Å². The van der Waals surface area contributed by atoms with Crippen molar-refractivity contribution in [2.75, 3.05) is 14.1 Å². The van der Waals surface area contributed by atoms with Gasteiger partial charge in [0.2, 0.25) is 11.7 Å². The molecule has 1 atom stereocenters. The molecule has 1 aromatic heterocycles. The molecule has 33 heavy (non-hydrogen) atoms. The van der Waals surface area contributed by atoms with Gasteiger partial charge < -0.3 is 9.42 Å². The van der Waals surface area contributed by atoms with E-state index in [0.717, 1.165) is 49.1 Å². The summed E-state index contributed by atoms with van der Waals surface area (Å²) in [4.78, 5) is 6.91. The molecule has 2 aromatic carbocycles. The van der Waals surface area contributed by atoms with Crippen molar-refractivity contribution in [2.45, 2.75) is 64.3 Å². The van der Waals surface area contributed by atoms with Crippen molar-refractivity contribution in [3.63, 3.8) is 0 Å². The second-order valence-electron chi connectivity index (χ2n) is 10.8. The molecular formula is C28H36FN3O. The van der Waals surface area contributed by atoms with Crippen LogP contribution in [-0.4, -0.2) is 29.1 Å². The van der Waals surface area contributed by atoms with Crippen LogP contribution in [0.3, 0.4) is 0 Å². The van der Waals surface area contributed by atoms with Crippen LogP contribution in [0, 0.1) is 17.7 Å². The number of rotatable bonds is 6. The Labute approximate surface area is 197 Å². The third kappa shape index (κ3) is 5.70. The van der Waals surface area contributed by atoms with E-state index in [1.807, 2.05) is 12.1 Å². The molecule has 1 unspecified atom stereocenters. The molecule has 5 heteroatoms. The number of hydrogen-bond acceptors (Lipinski definition) is 4. The van der Waals surface area contributed by atoms with Gasteiger partial charge in [-0.3, -0.25) is 0 Å². The average Bonchev–Trinajstić information content (AvgIpc) is 3.23. The SMILES string of the molecule is CN(C)C(c1cccc(F)c1)C1CCC(Cc2nc(-c3ccc(C(C)(C)C)cc3)no2)CC1. The summed E-state index contributed by atoms with van der Waals surface area (Å²) in [7, 11) is 4.19. The molecule has 1 aliphatic rings. The fraction of sp³-hybridized carbons (Fsp3) is 0.500. The lowest BCUT2D eigenvalue weighted by Crippen LogP contribution is -2.30. The summed E-state index contributed by atoms with van der Waals surface area (Å²) < 4.78 is 19.4. The fourth-order valence-electron chi connectivity index (χ4n) is 5.21. The van der Waals surface area contributed by atoms with E-state index in [-0.39, 0.29) is 17.3 Å². The molecule has 3 aromatic rings. The van der Waals surface area contributed by atoms with E-state index in [0.29, 0.717) is 17.7 Å². The molecule has 0 aliphatic heterocycles. The van der Waals surface area contributed by atoms with Crippen LogP contribution < -0.4 is 0 Å². The second-order valence-corrected chi connectivity index (χ2v) is 10.8. The number of nitrogens with zero attached hydrogens (tertiary/aromatic N) is 3. The maximum Gasteiger partial charge on any atom is 0.227 e. The van der Waals surface area contributed by atoms with Gasteiger partial charge in [0.05, 0.1) is 0 Å². The quantitative estimate of drug-likeness (QED) is 0.414. The van der Waals surface area contributed by atoms with E-state index in [1.54, 1.807) is 6.07 Å². The van der Waals surface area contributed by atoms with E-state index in [9.17, 15) is 4.39 Å². The molecule has 0 amide bonds. The van der Waals surface area contributed by atoms with Crippen LogP contribution in [0.2, 0.25) is 0 Å². The van der Waals surface area contributed by atoms with Crippen molar-refractivity contribution in [3.8, 4) is 11.4 Å². The zero-order chi connectivity index (χ0) is 23.6. The van der Waals surface area contributed by atoms with Gasteiger partial charge in [0.15, 0.2) is 0 Å². The smallest absolute Gasteiger partial charge is 0.227 e. The van der Waals surface area contributed by atoms with Gasteiger partial charge >= 0.3 is 0 Å². The highest BCUT2D eigenvalue weighted by Crippen LogP contribution is 2.40. The van der Waals surface area contributed by atoms with Gasteiger partial charge in [0.25, 0.3) is 0 Å². The Morgan fingerprint density at radius 3 is 2.33 bits per heavy atom. The number of halogens is 1. The van der Waals surface area contributed by atoms with Gasteiger partial charge in [-0.25, -0.2) is 4.39 Å². The number of aromatic nitrogens is 2. The Bertz CT molecular complexity index is 1040. The monoisotopic (exact) mass is 449 g/mol. The van der Waals surface area contributed by atoms with Crippen LogP contribution in [0.1, 0.15) is 69.5 Å². The standard InChI is InChI=1S/C28H36FN3O/c1-28(2,3)23-15-13-21(14-16-23)27-30-25(33-31-27)17-19-9-11-20(12-10-19)26(32(4)5)22-7-6-8-24(29)18-22/h6-8,13-16,18-20,26H,9-12,17H2,1-5H3. The first-order valence-electron chi connectivity index (χ1n) is 12.1. The molecule has 4 nitrogen and oxygen atoms in total. The molecule has 0 spiro atoms. The van der Waals surface area contributed by atoms with Crippen LogP contribution in [0.15, 0.2) is 53.1 Å². The topological polar surface area (TPSA) is 42.2 Å². The van der Waals surface area contributed by atoms with E-state index < -0.39 is 0 Å². The Morgan fingerprint density at radius 2 is 1.73 bits per heavy atom. The number of hydrogen-bond donors (Lipinski definition) is 0. The molecule has 1 heterocycles. The van der Waals surface area contributed by atoms with E-state index in [1.165, 1.54) is 11.6 Å². The minimum Gasteiger partial charge on any atom is -0.339 e. The van der Waals surface area contributed by atoms with Crippen LogP contribution >= 0.6 is 0 Å². The van der Waals surface area contributed by atoms with Gasteiger partial charge in [-0.05, 0) is 80.3 Å². The van der Waals surface area contributed by atoms with Crippen LogP contribution in [0.5, 0.6) is 0 Å².